The van der Waals surface area contributed by atoms with Crippen molar-refractivity contribution in [1.29, 1.82) is 0 Å². The van der Waals surface area contributed by atoms with E-state index < -0.39 is 64.0 Å². The molecule has 9 aliphatic rings. The number of fused-ring (bicyclic) bond motifs is 6. The summed E-state index contributed by atoms with van der Waals surface area (Å²) in [6.07, 6.45) is 3.90. The van der Waals surface area contributed by atoms with Crippen LogP contribution in [0.15, 0.2) is 48.7 Å². The van der Waals surface area contributed by atoms with Crippen LogP contribution in [0, 0.1) is 39.8 Å². The highest BCUT2D eigenvalue weighted by atomic mass is 35.5. The van der Waals surface area contributed by atoms with Crippen LogP contribution in [0.1, 0.15) is 142 Å². The molecule has 7 fully saturated rings. The first-order chi connectivity index (χ1) is 33.6. The van der Waals surface area contributed by atoms with Gasteiger partial charge in [0, 0.05) is 95.4 Å². The lowest BCUT2D eigenvalue weighted by Crippen LogP contribution is -2.62. The molecule has 4 N–H and O–H groups in total. The Morgan fingerprint density at radius 3 is 2.38 bits per heavy atom. The summed E-state index contributed by atoms with van der Waals surface area (Å²) in [7, 11) is 0. The number of nitrogens with one attached hydrogen (secondary N) is 4. The van der Waals surface area contributed by atoms with Gasteiger partial charge in [0.25, 0.3) is 5.91 Å². The molecule has 4 saturated carbocycles. The first-order valence-corrected chi connectivity index (χ1v) is 25.4. The van der Waals surface area contributed by atoms with Crippen molar-refractivity contribution in [2.75, 3.05) is 25.0 Å². The van der Waals surface area contributed by atoms with Gasteiger partial charge in [0.15, 0.2) is 0 Å². The zero-order chi connectivity index (χ0) is 50.0. The molecule has 17 heteroatoms. The molecular weight excluding hydrogens is 938 g/mol. The van der Waals surface area contributed by atoms with Gasteiger partial charge in [-0.05, 0) is 117 Å². The fourth-order valence-corrected chi connectivity index (χ4v) is 14.0. The summed E-state index contributed by atoms with van der Waals surface area (Å²) < 4.78 is 58.2. The summed E-state index contributed by atoms with van der Waals surface area (Å²) in [5, 5.41) is 12.5. The van der Waals surface area contributed by atoms with Crippen molar-refractivity contribution in [2.45, 2.75) is 146 Å². The number of likely N-dealkylation sites (tertiary alicyclic amines) is 1. The fourth-order valence-electron chi connectivity index (χ4n) is 13.8. The molecule has 5 amide bonds. The zero-order valence-corrected chi connectivity index (χ0v) is 40.8. The number of alkyl halides is 3. The number of amides is 5. The lowest BCUT2D eigenvalue weighted by molar-refractivity contribution is -0.152. The molecule has 1 aromatic heterocycles. The standard InChI is InChI=1S/C54H58ClF4N7O5/c1-49(2,3)26-40-53(29-61-37-24-39(54(57,58)59)60-27-35(37)53)42(33-8-5-9-36(55)43(33)56)44(62-40)46(69)64-52-17-14-50(15-18-52,16-19-52)48(71)65-22-20-51(21-23-65)25-31(51)11-10-30-6-4-7-32-34(30)28-66(47(32)70)38-12-13-41(67)63-45(38)68/h4-9,24,27,31,38,40,42,44,61-62H,12-23,25-26,28-29H2,1-3H3,(H,64,69)(H,63,67,68)/t31-,38?,40-,42-,44+,50?,52?,53-/m0/s1. The average Bonchev–Trinajstić information content (AvgIpc) is 3.54. The first-order valence-electron chi connectivity index (χ1n) is 25.1. The lowest BCUT2D eigenvalue weighted by atomic mass is 9.56. The minimum atomic E-state index is -4.67. The van der Waals surface area contributed by atoms with Crippen LogP contribution in [0.3, 0.4) is 0 Å². The molecule has 3 aromatic rings. The number of anilines is 1. The number of piperidine rings is 2. The molecule has 1 unspecified atom stereocenters. The Labute approximate surface area is 415 Å². The number of carbonyl (C=O) groups excluding carboxylic acids is 5. The summed E-state index contributed by atoms with van der Waals surface area (Å²) in [5.41, 5.74) is -0.408. The van der Waals surface area contributed by atoms with Crippen LogP contribution in [-0.4, -0.2) is 87.6 Å². The number of benzene rings is 2. The van der Waals surface area contributed by atoms with Crippen molar-refractivity contribution in [2.24, 2.45) is 22.2 Å². The van der Waals surface area contributed by atoms with Crippen molar-refractivity contribution >= 4 is 46.8 Å². The number of nitrogens with zero attached hydrogens (tertiary/aromatic N) is 3. The highest BCUT2D eigenvalue weighted by molar-refractivity contribution is 6.30. The Bertz CT molecular complexity index is 2820. The molecule has 12 rings (SSSR count). The van der Waals surface area contributed by atoms with Crippen LogP contribution < -0.4 is 21.3 Å². The predicted molar refractivity (Wildman–Crippen MR) is 255 cm³/mol. The summed E-state index contributed by atoms with van der Waals surface area (Å²) >= 11 is 6.42. The Morgan fingerprint density at radius 1 is 0.972 bits per heavy atom. The summed E-state index contributed by atoms with van der Waals surface area (Å²) in [6.45, 7) is 7.87. The maximum atomic E-state index is 16.4. The molecule has 2 bridgehead atoms. The van der Waals surface area contributed by atoms with Crippen LogP contribution >= 0.6 is 11.6 Å². The van der Waals surface area contributed by atoms with E-state index in [1.807, 2.05) is 17.0 Å². The van der Waals surface area contributed by atoms with Crippen LogP contribution in [-0.2, 0) is 37.3 Å². The second-order valence-corrected chi connectivity index (χ2v) is 23.5. The number of aromatic nitrogens is 1. The largest absolute Gasteiger partial charge is 0.433 e. The molecule has 12 nitrogen and oxygen atoms in total. The Morgan fingerprint density at radius 2 is 1.69 bits per heavy atom. The third-order valence-electron chi connectivity index (χ3n) is 17.9. The van der Waals surface area contributed by atoms with Gasteiger partial charge in [-0.15, -0.1) is 0 Å². The number of pyridine rings is 1. The van der Waals surface area contributed by atoms with Crippen molar-refractivity contribution in [3.05, 3.63) is 93.0 Å². The van der Waals surface area contributed by atoms with Crippen LogP contribution in [0.25, 0.3) is 0 Å². The van der Waals surface area contributed by atoms with E-state index in [0.717, 1.165) is 36.5 Å². The number of halogens is 5. The van der Waals surface area contributed by atoms with Gasteiger partial charge in [-0.2, -0.15) is 13.2 Å². The predicted octanol–water partition coefficient (Wildman–Crippen LogP) is 7.77. The summed E-state index contributed by atoms with van der Waals surface area (Å²) in [4.78, 5) is 74.7. The quantitative estimate of drug-likeness (QED) is 0.111. The Hall–Kier alpha value is -5.53. The van der Waals surface area contributed by atoms with Gasteiger partial charge >= 0.3 is 6.18 Å². The maximum absolute atomic E-state index is 16.4. The molecule has 6 heterocycles. The summed E-state index contributed by atoms with van der Waals surface area (Å²) in [5.74, 6) is 4.35. The molecule has 2 aromatic carbocycles. The third-order valence-corrected chi connectivity index (χ3v) is 18.2. The molecule has 6 atom stereocenters. The van der Waals surface area contributed by atoms with Gasteiger partial charge in [0.05, 0.1) is 11.1 Å². The lowest BCUT2D eigenvalue weighted by Gasteiger charge is -2.54. The van der Waals surface area contributed by atoms with Crippen molar-refractivity contribution in [3.8, 4) is 11.8 Å². The van der Waals surface area contributed by atoms with E-state index in [1.54, 1.807) is 23.1 Å². The number of hydrogen-bond donors (Lipinski definition) is 4. The minimum absolute atomic E-state index is 0.0380. The average molecular weight is 997 g/mol. The second kappa shape index (κ2) is 16.8. The van der Waals surface area contributed by atoms with Gasteiger partial charge in [0.1, 0.15) is 17.6 Å². The number of imide groups is 1. The third kappa shape index (κ3) is 7.99. The Balaban J connectivity index is 0.758. The zero-order valence-electron chi connectivity index (χ0n) is 40.1. The van der Waals surface area contributed by atoms with Gasteiger partial charge in [-0.1, -0.05) is 62.4 Å². The molecule has 4 aliphatic carbocycles. The highest BCUT2D eigenvalue weighted by Gasteiger charge is 2.64. The smallest absolute Gasteiger partial charge is 0.384 e. The van der Waals surface area contributed by atoms with E-state index in [0.29, 0.717) is 75.6 Å². The number of carbonyl (C=O) groups is 5. The number of rotatable bonds is 6. The van der Waals surface area contributed by atoms with Crippen molar-refractivity contribution in [3.63, 3.8) is 0 Å². The minimum Gasteiger partial charge on any atom is -0.384 e. The van der Waals surface area contributed by atoms with Gasteiger partial charge < -0.3 is 25.8 Å². The SMILES string of the molecule is CC(C)(C)C[C@@H]1N[C@@H](C(=O)NC23CCC(C(=O)N4CCC5(CC4)C[C@@H]5C#Cc4cccc5c4CN(C4CCC(=O)NC4=O)C5=O)(CC2)CC3)[C@H](c2cccc(Cl)c2F)[C@]12CNc1cc(C(F)(F)F)ncc12. The van der Waals surface area contributed by atoms with Gasteiger partial charge in [0.2, 0.25) is 23.6 Å². The fraction of sp³-hybridized carbons (Fsp3) is 0.556. The van der Waals surface area contributed by atoms with Crippen LogP contribution in [0.4, 0.5) is 23.2 Å². The molecule has 2 spiro atoms. The molecule has 374 valence electrons. The van der Waals surface area contributed by atoms with E-state index in [-0.39, 0.29) is 76.2 Å². The van der Waals surface area contributed by atoms with Crippen molar-refractivity contribution < 1.29 is 41.5 Å². The monoisotopic (exact) mass is 995 g/mol. The maximum Gasteiger partial charge on any atom is 0.433 e. The van der Waals surface area contributed by atoms with E-state index in [2.05, 4.69) is 58.9 Å². The van der Waals surface area contributed by atoms with Crippen LogP contribution in [0.2, 0.25) is 5.02 Å². The second-order valence-electron chi connectivity index (χ2n) is 23.1. The number of hydrogen-bond acceptors (Lipinski definition) is 8. The van der Waals surface area contributed by atoms with Crippen LogP contribution in [0.5, 0.6) is 0 Å². The Kier molecular flexibility index (Phi) is 11.3. The first kappa shape index (κ1) is 47.8. The van der Waals surface area contributed by atoms with Gasteiger partial charge in [-0.25, -0.2) is 4.39 Å². The van der Waals surface area contributed by atoms with E-state index in [1.165, 1.54) is 12.3 Å². The topological polar surface area (TPSA) is 153 Å². The van der Waals surface area contributed by atoms with Gasteiger partial charge in [-0.3, -0.25) is 34.3 Å². The molecule has 0 radical (unpaired) electrons. The molecule has 3 saturated heterocycles. The van der Waals surface area contributed by atoms with E-state index >= 15 is 9.18 Å². The van der Waals surface area contributed by atoms with E-state index in [9.17, 15) is 32.3 Å². The normalized spacial score (nSPS) is 31.5. The molecule has 71 heavy (non-hydrogen) atoms. The highest BCUT2D eigenvalue weighted by Crippen LogP contribution is 2.61. The molecular formula is C54H58ClF4N7O5. The van der Waals surface area contributed by atoms with Crippen molar-refractivity contribution in [1.82, 2.24) is 30.7 Å². The summed E-state index contributed by atoms with van der Waals surface area (Å²) in [6, 6.07) is 9.04. The molecule has 5 aliphatic heterocycles. The van der Waals surface area contributed by atoms with E-state index in [4.69, 9.17) is 11.6 Å².